The fourth-order valence-corrected chi connectivity index (χ4v) is 3.42. The molecule has 0 saturated carbocycles. The van der Waals surface area contributed by atoms with Crippen LogP contribution in [0, 0.1) is 10.1 Å². The number of rotatable bonds is 7. The molecule has 1 N–H and O–H groups in total. The summed E-state index contributed by atoms with van der Waals surface area (Å²) in [7, 11) is 0. The Morgan fingerprint density at radius 1 is 1.17 bits per heavy atom. The van der Waals surface area contributed by atoms with Crippen molar-refractivity contribution in [3.63, 3.8) is 0 Å². The highest BCUT2D eigenvalue weighted by atomic mass is 32.2. The molecule has 9 nitrogen and oxygen atoms in total. The van der Waals surface area contributed by atoms with Gasteiger partial charge < -0.3 is 9.84 Å². The molecule has 0 spiro atoms. The number of carbonyl (C=O) groups excluding carboxylic acids is 2. The highest BCUT2D eigenvalue weighted by molar-refractivity contribution is 8.18. The van der Waals surface area contributed by atoms with Gasteiger partial charge in [-0.2, -0.15) is 0 Å². The van der Waals surface area contributed by atoms with Gasteiger partial charge in [0.2, 0.25) is 0 Å². The monoisotopic (exact) mass is 414 g/mol. The second-order valence-electron chi connectivity index (χ2n) is 5.91. The number of amides is 2. The first kappa shape index (κ1) is 20.1. The summed E-state index contributed by atoms with van der Waals surface area (Å²) in [5, 5.41) is 19.2. The summed E-state index contributed by atoms with van der Waals surface area (Å²) in [6.07, 6.45) is 1.52. The number of benzene rings is 2. The van der Waals surface area contributed by atoms with Crippen LogP contribution in [0.2, 0.25) is 0 Å². The van der Waals surface area contributed by atoms with Gasteiger partial charge in [-0.3, -0.25) is 24.6 Å². The number of nitro benzene ring substituents is 1. The summed E-state index contributed by atoms with van der Waals surface area (Å²) in [5.74, 6) is -1.28. The molecule has 1 aliphatic rings. The second-order valence-corrected chi connectivity index (χ2v) is 6.90. The summed E-state index contributed by atoms with van der Waals surface area (Å²) in [6.45, 7) is -0.662. The Balaban J connectivity index is 1.75. The number of carboxylic acids is 1. The SMILES string of the molecule is O=C(O)COc1ccc(/C=C2\SC(=O)N(Cc3ccccc3[N+](=O)[O-])C2=O)cc1. The maximum atomic E-state index is 12.6. The van der Waals surface area contributed by atoms with E-state index in [1.54, 1.807) is 30.3 Å². The minimum absolute atomic E-state index is 0.160. The number of para-hydroxylation sites is 1. The lowest BCUT2D eigenvalue weighted by atomic mass is 10.1. The quantitative estimate of drug-likeness (QED) is 0.415. The summed E-state index contributed by atoms with van der Waals surface area (Å²) in [4.78, 5) is 47.1. The number of imide groups is 1. The summed E-state index contributed by atoms with van der Waals surface area (Å²) in [6, 6.07) is 12.3. The standard InChI is InChI=1S/C19H14N2O7S/c22-17(23)11-28-14-7-5-12(6-8-14)9-16-18(24)20(19(25)29-16)10-13-3-1-2-4-15(13)21(26)27/h1-9H,10-11H2,(H,22,23)/b16-9-. The Bertz CT molecular complexity index is 1020. The van der Waals surface area contributed by atoms with Crippen molar-refractivity contribution >= 4 is 40.6 Å². The third-order valence-electron chi connectivity index (χ3n) is 3.93. The lowest BCUT2D eigenvalue weighted by Crippen LogP contribution is -2.27. The molecule has 0 aromatic heterocycles. The Labute approximate surface area is 168 Å². The number of carbonyl (C=O) groups is 3. The molecule has 148 valence electrons. The molecule has 0 atom stereocenters. The summed E-state index contributed by atoms with van der Waals surface area (Å²) in [5.41, 5.74) is 0.720. The van der Waals surface area contributed by atoms with Gasteiger partial charge in [-0.15, -0.1) is 0 Å². The molecule has 2 aromatic carbocycles. The van der Waals surface area contributed by atoms with Crippen LogP contribution in [-0.2, 0) is 16.1 Å². The largest absolute Gasteiger partial charge is 0.482 e. The van der Waals surface area contributed by atoms with E-state index < -0.39 is 28.6 Å². The lowest BCUT2D eigenvalue weighted by molar-refractivity contribution is -0.385. The molecule has 10 heteroatoms. The van der Waals surface area contributed by atoms with Crippen LogP contribution in [0.15, 0.2) is 53.4 Å². The molecular weight excluding hydrogens is 400 g/mol. The van der Waals surface area contributed by atoms with Crippen molar-refractivity contribution in [2.24, 2.45) is 0 Å². The number of nitro groups is 1. The van der Waals surface area contributed by atoms with Gasteiger partial charge in [-0.1, -0.05) is 30.3 Å². The Morgan fingerprint density at radius 2 is 1.86 bits per heavy atom. The number of aliphatic carboxylic acids is 1. The molecule has 3 rings (SSSR count). The maximum Gasteiger partial charge on any atom is 0.341 e. The molecule has 0 radical (unpaired) electrons. The molecule has 29 heavy (non-hydrogen) atoms. The zero-order valence-electron chi connectivity index (χ0n) is 14.8. The van der Waals surface area contributed by atoms with E-state index in [9.17, 15) is 24.5 Å². The lowest BCUT2D eigenvalue weighted by Gasteiger charge is -2.12. The number of nitrogens with zero attached hydrogens (tertiary/aromatic N) is 2. The van der Waals surface area contributed by atoms with Gasteiger partial charge in [-0.25, -0.2) is 4.79 Å². The number of thioether (sulfide) groups is 1. The van der Waals surface area contributed by atoms with Gasteiger partial charge in [0.05, 0.1) is 16.4 Å². The van der Waals surface area contributed by atoms with E-state index in [0.717, 1.165) is 16.7 Å². The summed E-state index contributed by atoms with van der Waals surface area (Å²) < 4.78 is 5.03. The fourth-order valence-electron chi connectivity index (χ4n) is 2.59. The second kappa shape index (κ2) is 8.57. The van der Waals surface area contributed by atoms with Gasteiger partial charge >= 0.3 is 5.97 Å². The van der Waals surface area contributed by atoms with Crippen molar-refractivity contribution in [2.75, 3.05) is 6.61 Å². The van der Waals surface area contributed by atoms with E-state index in [1.165, 1.54) is 24.3 Å². The van der Waals surface area contributed by atoms with Crippen LogP contribution >= 0.6 is 11.8 Å². The van der Waals surface area contributed by atoms with Gasteiger partial charge in [0, 0.05) is 11.6 Å². The molecule has 1 fully saturated rings. The van der Waals surface area contributed by atoms with Crippen LogP contribution < -0.4 is 4.74 Å². The number of hydrogen-bond donors (Lipinski definition) is 1. The average Bonchev–Trinajstić information content (AvgIpc) is 2.95. The van der Waals surface area contributed by atoms with Crippen molar-refractivity contribution in [2.45, 2.75) is 6.54 Å². The van der Waals surface area contributed by atoms with E-state index in [-0.39, 0.29) is 22.7 Å². The number of ether oxygens (including phenoxy) is 1. The maximum absolute atomic E-state index is 12.6. The fraction of sp³-hybridized carbons (Fsp3) is 0.105. The molecule has 0 bridgehead atoms. The van der Waals surface area contributed by atoms with Crippen LogP contribution in [0.3, 0.4) is 0 Å². The topological polar surface area (TPSA) is 127 Å². The van der Waals surface area contributed by atoms with Gasteiger partial charge in [0.15, 0.2) is 6.61 Å². The van der Waals surface area contributed by atoms with Gasteiger partial charge in [0.1, 0.15) is 5.75 Å². The van der Waals surface area contributed by atoms with E-state index in [1.807, 2.05) is 0 Å². The van der Waals surface area contributed by atoms with Crippen molar-refractivity contribution in [1.29, 1.82) is 0 Å². The molecule has 2 aromatic rings. The van der Waals surface area contributed by atoms with E-state index in [0.29, 0.717) is 11.3 Å². The average molecular weight is 414 g/mol. The zero-order valence-corrected chi connectivity index (χ0v) is 15.6. The number of hydrogen-bond acceptors (Lipinski definition) is 7. The van der Waals surface area contributed by atoms with Crippen molar-refractivity contribution < 1.29 is 29.2 Å². The van der Waals surface area contributed by atoms with Gasteiger partial charge in [-0.05, 0) is 35.5 Å². The molecule has 1 aliphatic heterocycles. The van der Waals surface area contributed by atoms with E-state index in [2.05, 4.69) is 0 Å². The number of carboxylic acid groups (broad SMARTS) is 1. The molecule has 0 unspecified atom stereocenters. The first-order valence-corrected chi connectivity index (χ1v) is 9.09. The van der Waals surface area contributed by atoms with Crippen LogP contribution in [0.25, 0.3) is 6.08 Å². The highest BCUT2D eigenvalue weighted by Crippen LogP contribution is 2.34. The molecule has 1 saturated heterocycles. The first-order chi connectivity index (χ1) is 13.8. The minimum atomic E-state index is -1.10. The molecule has 2 amide bonds. The molecule has 0 aliphatic carbocycles. The van der Waals surface area contributed by atoms with Crippen LogP contribution in [0.5, 0.6) is 5.75 Å². The highest BCUT2D eigenvalue weighted by Gasteiger charge is 2.36. The first-order valence-electron chi connectivity index (χ1n) is 8.27. The third kappa shape index (κ3) is 4.79. The minimum Gasteiger partial charge on any atom is -0.482 e. The molecular formula is C19H14N2O7S. The smallest absolute Gasteiger partial charge is 0.341 e. The predicted molar refractivity (Wildman–Crippen MR) is 104 cm³/mol. The van der Waals surface area contributed by atoms with Crippen molar-refractivity contribution in [3.05, 3.63) is 74.7 Å². The van der Waals surface area contributed by atoms with Crippen molar-refractivity contribution in [3.8, 4) is 5.75 Å². The van der Waals surface area contributed by atoms with Crippen LogP contribution in [-0.4, -0.2) is 38.7 Å². The third-order valence-corrected chi connectivity index (χ3v) is 4.84. The Kier molecular flexibility index (Phi) is 5.93. The van der Waals surface area contributed by atoms with E-state index >= 15 is 0 Å². The van der Waals surface area contributed by atoms with Gasteiger partial charge in [0.25, 0.3) is 16.8 Å². The molecule has 1 heterocycles. The van der Waals surface area contributed by atoms with Crippen molar-refractivity contribution in [1.82, 2.24) is 4.90 Å². The summed E-state index contributed by atoms with van der Waals surface area (Å²) >= 11 is 0.748. The predicted octanol–water partition coefficient (Wildman–Crippen LogP) is 3.29. The Hall–Kier alpha value is -3.66. The van der Waals surface area contributed by atoms with Crippen LogP contribution in [0.1, 0.15) is 11.1 Å². The Morgan fingerprint density at radius 3 is 2.52 bits per heavy atom. The zero-order chi connectivity index (χ0) is 21.0. The normalized spacial score (nSPS) is 15.0. The van der Waals surface area contributed by atoms with Crippen LogP contribution in [0.4, 0.5) is 10.5 Å². The van der Waals surface area contributed by atoms with E-state index in [4.69, 9.17) is 9.84 Å².